The Balaban J connectivity index is 2.38. The molecule has 2 aromatic carbocycles. The van der Waals surface area contributed by atoms with Crippen LogP contribution in [0.5, 0.6) is 11.5 Å². The number of fused-ring (bicyclic) bond motifs is 1. The van der Waals surface area contributed by atoms with Gasteiger partial charge in [-0.25, -0.2) is 0 Å². The number of hydrogen-bond acceptors (Lipinski definition) is 4. The molecule has 0 fully saturated rings. The van der Waals surface area contributed by atoms with Gasteiger partial charge >= 0.3 is 0 Å². The van der Waals surface area contributed by atoms with Crippen LogP contribution in [0.15, 0.2) is 48.8 Å². The second kappa shape index (κ2) is 6.03. The molecule has 0 amide bonds. The lowest BCUT2D eigenvalue weighted by atomic mass is 9.96. The van der Waals surface area contributed by atoms with Crippen molar-refractivity contribution in [1.29, 1.82) is 0 Å². The number of benzene rings is 2. The minimum Gasteiger partial charge on any atom is -0.493 e. The van der Waals surface area contributed by atoms with Crippen LogP contribution in [0.2, 0.25) is 0 Å². The predicted molar refractivity (Wildman–Crippen MR) is 88.2 cm³/mol. The number of aromatic nitrogens is 1. The standard InChI is InChI=1S/C18H18N2O2/c1-21-16-9-14-11-20-7-6-15(14)17(18(16)22-2)13-5-3-4-12(8-13)10-19/h3-9,11H,10,19H2,1-2H3. The second-order valence-corrected chi connectivity index (χ2v) is 4.99. The molecule has 0 saturated carbocycles. The number of rotatable bonds is 4. The molecule has 0 aliphatic heterocycles. The fourth-order valence-corrected chi connectivity index (χ4v) is 2.70. The van der Waals surface area contributed by atoms with Gasteiger partial charge in [-0.2, -0.15) is 0 Å². The van der Waals surface area contributed by atoms with Gasteiger partial charge in [0.25, 0.3) is 0 Å². The van der Waals surface area contributed by atoms with Crippen LogP contribution in [0.1, 0.15) is 5.56 Å². The summed E-state index contributed by atoms with van der Waals surface area (Å²) >= 11 is 0. The van der Waals surface area contributed by atoms with E-state index in [9.17, 15) is 0 Å². The van der Waals surface area contributed by atoms with Crippen molar-refractivity contribution in [2.24, 2.45) is 5.73 Å². The van der Waals surface area contributed by atoms with E-state index >= 15 is 0 Å². The molecule has 22 heavy (non-hydrogen) atoms. The van der Waals surface area contributed by atoms with Crippen LogP contribution in [0.25, 0.3) is 21.9 Å². The first-order valence-corrected chi connectivity index (χ1v) is 7.06. The zero-order chi connectivity index (χ0) is 15.5. The Hall–Kier alpha value is -2.59. The highest BCUT2D eigenvalue weighted by atomic mass is 16.5. The van der Waals surface area contributed by atoms with Crippen molar-refractivity contribution in [1.82, 2.24) is 4.98 Å². The molecule has 0 bridgehead atoms. The maximum Gasteiger partial charge on any atom is 0.169 e. The number of nitrogens with two attached hydrogens (primary N) is 1. The van der Waals surface area contributed by atoms with Crippen LogP contribution in [-0.2, 0) is 6.54 Å². The molecule has 1 heterocycles. The highest BCUT2D eigenvalue weighted by Gasteiger charge is 2.16. The van der Waals surface area contributed by atoms with E-state index in [1.807, 2.05) is 30.5 Å². The number of nitrogens with zero attached hydrogens (tertiary/aromatic N) is 1. The van der Waals surface area contributed by atoms with Crippen molar-refractivity contribution < 1.29 is 9.47 Å². The summed E-state index contributed by atoms with van der Waals surface area (Å²) < 4.78 is 11.1. The van der Waals surface area contributed by atoms with Crippen molar-refractivity contribution in [3.8, 4) is 22.6 Å². The van der Waals surface area contributed by atoms with Crippen LogP contribution < -0.4 is 15.2 Å². The summed E-state index contributed by atoms with van der Waals surface area (Å²) in [5.74, 6) is 1.41. The first kappa shape index (κ1) is 14.4. The van der Waals surface area contributed by atoms with Crippen molar-refractivity contribution >= 4 is 10.8 Å². The minimum atomic E-state index is 0.500. The molecule has 0 spiro atoms. The summed E-state index contributed by atoms with van der Waals surface area (Å²) in [6, 6.07) is 12.1. The van der Waals surface area contributed by atoms with Crippen LogP contribution >= 0.6 is 0 Å². The molecule has 0 unspecified atom stereocenters. The molecule has 112 valence electrons. The first-order valence-electron chi connectivity index (χ1n) is 7.06. The average Bonchev–Trinajstić information content (AvgIpc) is 2.59. The molecule has 4 nitrogen and oxygen atoms in total. The Morgan fingerprint density at radius 2 is 1.95 bits per heavy atom. The van der Waals surface area contributed by atoms with E-state index in [0.29, 0.717) is 12.3 Å². The number of methoxy groups -OCH3 is 2. The zero-order valence-corrected chi connectivity index (χ0v) is 12.7. The normalized spacial score (nSPS) is 10.7. The van der Waals surface area contributed by atoms with Gasteiger partial charge in [0.2, 0.25) is 0 Å². The fraction of sp³-hybridized carbons (Fsp3) is 0.167. The van der Waals surface area contributed by atoms with Gasteiger partial charge in [0, 0.05) is 29.9 Å². The van der Waals surface area contributed by atoms with E-state index < -0.39 is 0 Å². The second-order valence-electron chi connectivity index (χ2n) is 4.99. The molecule has 0 atom stereocenters. The van der Waals surface area contributed by atoms with Gasteiger partial charge in [-0.05, 0) is 34.7 Å². The van der Waals surface area contributed by atoms with Gasteiger partial charge in [0.1, 0.15) is 0 Å². The third kappa shape index (κ3) is 2.38. The predicted octanol–water partition coefficient (Wildman–Crippen LogP) is 3.38. The highest BCUT2D eigenvalue weighted by Crippen LogP contribution is 2.43. The van der Waals surface area contributed by atoms with Gasteiger partial charge in [-0.3, -0.25) is 4.98 Å². The van der Waals surface area contributed by atoms with E-state index in [1.54, 1.807) is 20.4 Å². The van der Waals surface area contributed by atoms with Crippen molar-refractivity contribution in [3.05, 3.63) is 54.4 Å². The van der Waals surface area contributed by atoms with Gasteiger partial charge in [0.05, 0.1) is 14.2 Å². The van der Waals surface area contributed by atoms with Gasteiger partial charge < -0.3 is 15.2 Å². The first-order chi connectivity index (χ1) is 10.8. The van der Waals surface area contributed by atoms with Crippen molar-refractivity contribution in [2.45, 2.75) is 6.54 Å². The number of pyridine rings is 1. The third-order valence-corrected chi connectivity index (χ3v) is 3.73. The summed E-state index contributed by atoms with van der Waals surface area (Å²) in [6.45, 7) is 0.500. The highest BCUT2D eigenvalue weighted by molar-refractivity contribution is 6.01. The largest absolute Gasteiger partial charge is 0.493 e. The smallest absolute Gasteiger partial charge is 0.169 e. The lowest BCUT2D eigenvalue weighted by Gasteiger charge is -2.16. The topological polar surface area (TPSA) is 57.4 Å². The average molecular weight is 294 g/mol. The molecule has 3 rings (SSSR count). The molecule has 2 N–H and O–H groups in total. The van der Waals surface area contributed by atoms with Gasteiger partial charge in [0.15, 0.2) is 11.5 Å². The summed E-state index contributed by atoms with van der Waals surface area (Å²) in [4.78, 5) is 4.20. The molecule has 0 aliphatic rings. The van der Waals surface area contributed by atoms with Crippen molar-refractivity contribution in [3.63, 3.8) is 0 Å². The molecule has 0 saturated heterocycles. The molecule has 0 aliphatic carbocycles. The molecule has 4 heteroatoms. The van der Waals surface area contributed by atoms with Crippen LogP contribution in [0.4, 0.5) is 0 Å². The van der Waals surface area contributed by atoms with E-state index in [-0.39, 0.29) is 0 Å². The molecular weight excluding hydrogens is 276 g/mol. The Bertz CT molecular complexity index is 815. The molecule has 3 aromatic rings. The fourth-order valence-electron chi connectivity index (χ4n) is 2.70. The molecule has 0 radical (unpaired) electrons. The van der Waals surface area contributed by atoms with E-state index in [4.69, 9.17) is 15.2 Å². The molecule has 1 aromatic heterocycles. The maximum atomic E-state index is 5.77. The third-order valence-electron chi connectivity index (χ3n) is 3.73. The molecular formula is C18H18N2O2. The Kier molecular flexibility index (Phi) is 3.94. The van der Waals surface area contributed by atoms with Gasteiger partial charge in [-0.15, -0.1) is 0 Å². The number of ether oxygens (including phenoxy) is 2. The summed E-state index contributed by atoms with van der Waals surface area (Å²) in [5, 5.41) is 2.08. The SMILES string of the molecule is COc1cc2cnccc2c(-c2cccc(CN)c2)c1OC. The van der Waals surface area contributed by atoms with E-state index in [0.717, 1.165) is 33.2 Å². The summed E-state index contributed by atoms with van der Waals surface area (Å²) in [7, 11) is 3.29. The van der Waals surface area contributed by atoms with Crippen LogP contribution in [-0.4, -0.2) is 19.2 Å². The van der Waals surface area contributed by atoms with Crippen LogP contribution in [0, 0.1) is 0 Å². The summed E-state index contributed by atoms with van der Waals surface area (Å²) in [6.07, 6.45) is 3.61. The quantitative estimate of drug-likeness (QED) is 0.801. The lowest BCUT2D eigenvalue weighted by Crippen LogP contribution is -1.98. The van der Waals surface area contributed by atoms with Gasteiger partial charge in [-0.1, -0.05) is 18.2 Å². The lowest BCUT2D eigenvalue weighted by molar-refractivity contribution is 0.357. The summed E-state index contributed by atoms with van der Waals surface area (Å²) in [5.41, 5.74) is 8.89. The Labute approximate surface area is 129 Å². The van der Waals surface area contributed by atoms with Crippen LogP contribution in [0.3, 0.4) is 0 Å². The Morgan fingerprint density at radius 3 is 2.68 bits per heavy atom. The van der Waals surface area contributed by atoms with Crippen molar-refractivity contribution in [2.75, 3.05) is 14.2 Å². The maximum absolute atomic E-state index is 5.77. The monoisotopic (exact) mass is 294 g/mol. The zero-order valence-electron chi connectivity index (χ0n) is 12.7. The van der Waals surface area contributed by atoms with E-state index in [2.05, 4.69) is 17.1 Å². The Morgan fingerprint density at radius 1 is 1.09 bits per heavy atom. The number of hydrogen-bond donors (Lipinski definition) is 1. The van der Waals surface area contributed by atoms with E-state index in [1.165, 1.54) is 0 Å². The minimum absolute atomic E-state index is 0.500.